The summed E-state index contributed by atoms with van der Waals surface area (Å²) in [7, 11) is 0. The van der Waals surface area contributed by atoms with Crippen molar-refractivity contribution in [2.24, 2.45) is 11.7 Å². The van der Waals surface area contributed by atoms with E-state index in [4.69, 9.17) is 17.3 Å². The first-order valence-electron chi connectivity index (χ1n) is 8.39. The van der Waals surface area contributed by atoms with E-state index in [9.17, 15) is 9.59 Å². The summed E-state index contributed by atoms with van der Waals surface area (Å²) in [6.07, 6.45) is 1.63. The Morgan fingerprint density at radius 2 is 2.12 bits per heavy atom. The lowest BCUT2D eigenvalue weighted by Gasteiger charge is -2.37. The number of nitrogens with zero attached hydrogens (tertiary/aromatic N) is 1. The molecule has 1 atom stereocenters. The Balaban J connectivity index is 0.00000312. The molecule has 2 amide bonds. The summed E-state index contributed by atoms with van der Waals surface area (Å²) >= 11 is 6.07. The summed E-state index contributed by atoms with van der Waals surface area (Å²) in [5, 5.41) is 3.44. The van der Waals surface area contributed by atoms with Crippen molar-refractivity contribution in [2.75, 3.05) is 26.2 Å². The molecule has 1 aromatic carbocycles. The van der Waals surface area contributed by atoms with Crippen molar-refractivity contribution in [3.8, 4) is 0 Å². The van der Waals surface area contributed by atoms with Gasteiger partial charge in [-0.25, -0.2) is 0 Å². The molecule has 1 aliphatic rings. The highest BCUT2D eigenvalue weighted by Crippen LogP contribution is 2.29. The van der Waals surface area contributed by atoms with Crippen LogP contribution in [-0.2, 0) is 15.0 Å². The van der Waals surface area contributed by atoms with Gasteiger partial charge in [-0.3, -0.25) is 9.59 Å². The number of hydrogen-bond donors (Lipinski definition) is 2. The molecule has 5 nitrogen and oxygen atoms in total. The maximum absolute atomic E-state index is 13.0. The van der Waals surface area contributed by atoms with Gasteiger partial charge < -0.3 is 16.0 Å². The molecule has 0 aromatic heterocycles. The standard InChI is InChI=1S/C18H26ClN3O2.ClH/c1-18(2,14-6-3-7-15(19)11-14)17(24)22-10-4-5-13(12-22)16(23)21-9-8-20;/h3,6-7,11,13H,4-5,8-10,12,20H2,1-2H3,(H,21,23);1H. The van der Waals surface area contributed by atoms with Gasteiger partial charge in [0.15, 0.2) is 0 Å². The molecule has 0 aliphatic carbocycles. The average molecular weight is 388 g/mol. The van der Waals surface area contributed by atoms with Crippen LogP contribution in [0.1, 0.15) is 32.3 Å². The number of amides is 2. The zero-order valence-electron chi connectivity index (χ0n) is 14.8. The van der Waals surface area contributed by atoms with Crippen molar-refractivity contribution in [3.05, 3.63) is 34.9 Å². The predicted octanol–water partition coefficient (Wildman–Crippen LogP) is 2.35. The van der Waals surface area contributed by atoms with Crippen LogP contribution in [0.2, 0.25) is 5.02 Å². The minimum atomic E-state index is -0.680. The summed E-state index contributed by atoms with van der Waals surface area (Å²) in [6, 6.07) is 7.39. The summed E-state index contributed by atoms with van der Waals surface area (Å²) < 4.78 is 0. The van der Waals surface area contributed by atoms with E-state index in [1.165, 1.54) is 0 Å². The van der Waals surface area contributed by atoms with E-state index >= 15 is 0 Å². The largest absolute Gasteiger partial charge is 0.355 e. The summed E-state index contributed by atoms with van der Waals surface area (Å²) in [6.45, 7) is 5.83. The number of carbonyl (C=O) groups is 2. The third-order valence-corrected chi connectivity index (χ3v) is 4.84. The molecule has 1 heterocycles. The van der Waals surface area contributed by atoms with Crippen LogP contribution in [0.15, 0.2) is 24.3 Å². The highest BCUT2D eigenvalue weighted by atomic mass is 35.5. The first kappa shape index (κ1) is 21.7. The molecule has 25 heavy (non-hydrogen) atoms. The van der Waals surface area contributed by atoms with Gasteiger partial charge >= 0.3 is 0 Å². The Labute approximate surface area is 160 Å². The number of carbonyl (C=O) groups excluding carboxylic acids is 2. The summed E-state index contributed by atoms with van der Waals surface area (Å²) in [5.74, 6) is -0.149. The molecular weight excluding hydrogens is 361 g/mol. The molecular formula is C18H27Cl2N3O2. The fourth-order valence-corrected chi connectivity index (χ4v) is 3.30. The van der Waals surface area contributed by atoms with Gasteiger partial charge in [-0.2, -0.15) is 0 Å². The second-order valence-electron chi connectivity index (χ2n) is 6.81. The molecule has 1 saturated heterocycles. The fourth-order valence-electron chi connectivity index (χ4n) is 3.11. The minimum absolute atomic E-state index is 0. The van der Waals surface area contributed by atoms with E-state index in [1.54, 1.807) is 11.0 Å². The highest BCUT2D eigenvalue weighted by Gasteiger charge is 2.37. The molecule has 1 aromatic rings. The van der Waals surface area contributed by atoms with Gasteiger partial charge in [0.25, 0.3) is 0 Å². The van der Waals surface area contributed by atoms with E-state index in [2.05, 4.69) is 5.32 Å². The number of piperidine rings is 1. The molecule has 3 N–H and O–H groups in total. The van der Waals surface area contributed by atoms with Crippen LogP contribution in [0.4, 0.5) is 0 Å². The van der Waals surface area contributed by atoms with E-state index in [1.807, 2.05) is 32.0 Å². The van der Waals surface area contributed by atoms with Crippen molar-refractivity contribution >= 4 is 35.8 Å². The van der Waals surface area contributed by atoms with Gasteiger partial charge in [-0.1, -0.05) is 23.7 Å². The number of rotatable bonds is 5. The van der Waals surface area contributed by atoms with Crippen LogP contribution < -0.4 is 11.1 Å². The lowest BCUT2D eigenvalue weighted by Crippen LogP contribution is -2.50. The van der Waals surface area contributed by atoms with Gasteiger partial charge in [0.1, 0.15) is 0 Å². The number of nitrogens with two attached hydrogens (primary N) is 1. The second kappa shape index (κ2) is 9.41. The average Bonchev–Trinajstić information content (AvgIpc) is 2.59. The van der Waals surface area contributed by atoms with Gasteiger partial charge in [0.05, 0.1) is 11.3 Å². The van der Waals surface area contributed by atoms with Crippen molar-refractivity contribution in [1.82, 2.24) is 10.2 Å². The van der Waals surface area contributed by atoms with Crippen LogP contribution in [0.5, 0.6) is 0 Å². The first-order chi connectivity index (χ1) is 11.4. The molecule has 0 bridgehead atoms. The summed E-state index contributed by atoms with van der Waals surface area (Å²) in [5.41, 5.74) is 5.63. The second-order valence-corrected chi connectivity index (χ2v) is 7.24. The third-order valence-electron chi connectivity index (χ3n) is 4.60. The predicted molar refractivity (Wildman–Crippen MR) is 103 cm³/mol. The monoisotopic (exact) mass is 387 g/mol. The summed E-state index contributed by atoms with van der Waals surface area (Å²) in [4.78, 5) is 27.0. The fraction of sp³-hybridized carbons (Fsp3) is 0.556. The maximum atomic E-state index is 13.0. The zero-order chi connectivity index (χ0) is 17.7. The van der Waals surface area contributed by atoms with Crippen LogP contribution in [-0.4, -0.2) is 42.9 Å². The molecule has 1 unspecified atom stereocenters. The van der Waals surface area contributed by atoms with Gasteiger partial charge in [0, 0.05) is 31.2 Å². The van der Waals surface area contributed by atoms with Gasteiger partial charge in [0.2, 0.25) is 11.8 Å². The topological polar surface area (TPSA) is 75.4 Å². The van der Waals surface area contributed by atoms with Crippen molar-refractivity contribution < 1.29 is 9.59 Å². The molecule has 140 valence electrons. The Hall–Kier alpha value is -1.30. The Kier molecular flexibility index (Phi) is 8.19. The number of hydrogen-bond acceptors (Lipinski definition) is 3. The van der Waals surface area contributed by atoms with Crippen LogP contribution >= 0.6 is 24.0 Å². The number of nitrogens with one attached hydrogen (secondary N) is 1. The third kappa shape index (κ3) is 5.33. The van der Waals surface area contributed by atoms with Crippen molar-refractivity contribution in [1.29, 1.82) is 0 Å². The van der Waals surface area contributed by atoms with Crippen LogP contribution in [0.3, 0.4) is 0 Å². The highest BCUT2D eigenvalue weighted by molar-refractivity contribution is 6.30. The molecule has 2 rings (SSSR count). The minimum Gasteiger partial charge on any atom is -0.355 e. The quantitative estimate of drug-likeness (QED) is 0.813. The Morgan fingerprint density at radius 3 is 2.76 bits per heavy atom. The molecule has 0 saturated carbocycles. The van der Waals surface area contributed by atoms with E-state index in [0.29, 0.717) is 31.2 Å². The molecule has 1 aliphatic heterocycles. The Bertz CT molecular complexity index is 608. The van der Waals surface area contributed by atoms with Gasteiger partial charge in [-0.05, 0) is 44.4 Å². The number of benzene rings is 1. The lowest BCUT2D eigenvalue weighted by atomic mass is 9.82. The maximum Gasteiger partial charge on any atom is 0.232 e. The van der Waals surface area contributed by atoms with E-state index < -0.39 is 5.41 Å². The van der Waals surface area contributed by atoms with E-state index in [0.717, 1.165) is 18.4 Å². The molecule has 0 spiro atoms. The van der Waals surface area contributed by atoms with Crippen molar-refractivity contribution in [3.63, 3.8) is 0 Å². The molecule has 1 fully saturated rings. The van der Waals surface area contributed by atoms with Crippen molar-refractivity contribution in [2.45, 2.75) is 32.1 Å². The molecule has 0 radical (unpaired) electrons. The SMILES string of the molecule is CC(C)(C(=O)N1CCCC(C(=O)NCCN)C1)c1cccc(Cl)c1.Cl. The van der Waals surface area contributed by atoms with Crippen LogP contribution in [0.25, 0.3) is 0 Å². The zero-order valence-corrected chi connectivity index (χ0v) is 16.3. The van der Waals surface area contributed by atoms with Gasteiger partial charge in [-0.15, -0.1) is 12.4 Å². The lowest BCUT2D eigenvalue weighted by molar-refractivity contribution is -0.140. The number of likely N-dealkylation sites (tertiary alicyclic amines) is 1. The molecule has 7 heteroatoms. The van der Waals surface area contributed by atoms with Crippen LogP contribution in [0, 0.1) is 5.92 Å². The first-order valence-corrected chi connectivity index (χ1v) is 8.77. The Morgan fingerprint density at radius 1 is 1.40 bits per heavy atom. The normalized spacial score (nSPS) is 17.6. The smallest absolute Gasteiger partial charge is 0.232 e. The van der Waals surface area contributed by atoms with E-state index in [-0.39, 0.29) is 30.1 Å². The number of halogens is 2.